The van der Waals surface area contributed by atoms with Gasteiger partial charge in [0, 0.05) is 29.6 Å². The average molecular weight is 650 g/mol. The van der Waals surface area contributed by atoms with Crippen LogP contribution in [-0.2, 0) is 32.6 Å². The minimum atomic E-state index is -4.29. The van der Waals surface area contributed by atoms with Crippen LogP contribution in [0.1, 0.15) is 36.1 Å². The summed E-state index contributed by atoms with van der Waals surface area (Å²) in [5.74, 6) is -1.67. The van der Waals surface area contributed by atoms with Crippen molar-refractivity contribution < 1.29 is 22.4 Å². The third kappa shape index (κ3) is 8.29. The van der Waals surface area contributed by atoms with E-state index < -0.39 is 40.2 Å². The third-order valence-corrected chi connectivity index (χ3v) is 9.58. The van der Waals surface area contributed by atoms with Gasteiger partial charge in [0.15, 0.2) is 0 Å². The molecule has 0 bridgehead atoms. The largest absolute Gasteiger partial charge is 0.352 e. The van der Waals surface area contributed by atoms with Crippen LogP contribution in [-0.4, -0.2) is 43.8 Å². The zero-order chi connectivity index (χ0) is 32.7. The number of amides is 2. The molecule has 4 aromatic rings. The molecule has 0 aromatic heterocycles. The first kappa shape index (κ1) is 33.7. The third-order valence-electron chi connectivity index (χ3n) is 7.40. The molecule has 1 atom stereocenters. The van der Waals surface area contributed by atoms with E-state index in [2.05, 4.69) is 5.32 Å². The summed E-state index contributed by atoms with van der Waals surface area (Å²) < 4.78 is 44.4. The molecule has 4 rings (SSSR count). The number of rotatable bonds is 12. The highest BCUT2D eigenvalue weighted by molar-refractivity contribution is 7.92. The maximum Gasteiger partial charge on any atom is 0.264 e. The fourth-order valence-corrected chi connectivity index (χ4v) is 6.60. The Labute approximate surface area is 269 Å². The second kappa shape index (κ2) is 14.7. The maximum atomic E-state index is 15.0. The lowest BCUT2D eigenvalue weighted by atomic mass is 10.0. The van der Waals surface area contributed by atoms with Crippen LogP contribution >= 0.6 is 11.6 Å². The standard InChI is InChI=1S/C35H37ClFN3O4S/c1-24(2)38-35(42)33(21-27-11-6-5-7-12-27)39(22-28-13-8-9-15-31(28)37)34(41)23-40(32-16-10-14-30(36)26(32)4)45(43,44)29-19-17-25(3)18-20-29/h5-20,24,33H,21-23H2,1-4H3,(H,38,42)/t33-/m1/s1. The lowest BCUT2D eigenvalue weighted by Crippen LogP contribution is -2.54. The predicted molar refractivity (Wildman–Crippen MR) is 176 cm³/mol. The highest BCUT2D eigenvalue weighted by Crippen LogP contribution is 2.31. The SMILES string of the molecule is Cc1ccc(S(=O)(=O)N(CC(=O)N(Cc2ccccc2F)[C@H](Cc2ccccc2)C(=O)NC(C)C)c2cccc(Cl)c2C)cc1. The van der Waals surface area contributed by atoms with E-state index in [4.69, 9.17) is 11.6 Å². The molecule has 0 radical (unpaired) electrons. The van der Waals surface area contributed by atoms with Crippen LogP contribution in [0.5, 0.6) is 0 Å². The number of carbonyl (C=O) groups is 2. The lowest BCUT2D eigenvalue weighted by molar-refractivity contribution is -0.140. The number of benzene rings is 4. The van der Waals surface area contributed by atoms with Crippen LogP contribution < -0.4 is 9.62 Å². The summed E-state index contributed by atoms with van der Waals surface area (Å²) in [5, 5.41) is 3.21. The van der Waals surface area contributed by atoms with Crippen molar-refractivity contribution in [2.45, 2.75) is 57.6 Å². The Morgan fingerprint density at radius 3 is 2.16 bits per heavy atom. The second-order valence-electron chi connectivity index (χ2n) is 11.2. The molecule has 236 valence electrons. The van der Waals surface area contributed by atoms with E-state index >= 15 is 4.39 Å². The Balaban J connectivity index is 1.85. The highest BCUT2D eigenvalue weighted by atomic mass is 35.5. The van der Waals surface area contributed by atoms with Crippen molar-refractivity contribution in [3.63, 3.8) is 0 Å². The molecular weight excluding hydrogens is 613 g/mol. The van der Waals surface area contributed by atoms with Crippen molar-refractivity contribution in [2.24, 2.45) is 0 Å². The van der Waals surface area contributed by atoms with Gasteiger partial charge in [0.1, 0.15) is 18.4 Å². The topological polar surface area (TPSA) is 86.8 Å². The molecule has 0 aliphatic carbocycles. The van der Waals surface area contributed by atoms with Crippen molar-refractivity contribution in [3.05, 3.63) is 130 Å². The fourth-order valence-electron chi connectivity index (χ4n) is 4.96. The first-order chi connectivity index (χ1) is 21.4. The molecule has 0 aliphatic heterocycles. The van der Waals surface area contributed by atoms with E-state index in [9.17, 15) is 18.0 Å². The Bertz CT molecular complexity index is 1750. The molecule has 10 heteroatoms. The molecule has 45 heavy (non-hydrogen) atoms. The Morgan fingerprint density at radius 2 is 1.51 bits per heavy atom. The quantitative estimate of drug-likeness (QED) is 0.191. The fraction of sp³-hybridized carbons (Fsp3) is 0.257. The van der Waals surface area contributed by atoms with E-state index in [0.29, 0.717) is 10.6 Å². The van der Waals surface area contributed by atoms with Crippen molar-refractivity contribution in [3.8, 4) is 0 Å². The summed E-state index contributed by atoms with van der Waals surface area (Å²) in [6.07, 6.45) is 0.125. The van der Waals surface area contributed by atoms with Gasteiger partial charge in [-0.05, 0) is 69.2 Å². The number of nitrogens with one attached hydrogen (secondary N) is 1. The van der Waals surface area contributed by atoms with E-state index in [1.54, 1.807) is 57.2 Å². The first-order valence-corrected chi connectivity index (χ1v) is 16.4. The molecular formula is C35H37ClFN3O4S. The summed E-state index contributed by atoms with van der Waals surface area (Å²) >= 11 is 6.42. The van der Waals surface area contributed by atoms with Gasteiger partial charge in [-0.15, -0.1) is 0 Å². The zero-order valence-electron chi connectivity index (χ0n) is 25.7. The summed E-state index contributed by atoms with van der Waals surface area (Å²) in [7, 11) is -4.29. The monoisotopic (exact) mass is 649 g/mol. The van der Waals surface area contributed by atoms with Gasteiger partial charge >= 0.3 is 0 Å². The minimum absolute atomic E-state index is 0.0145. The predicted octanol–water partition coefficient (Wildman–Crippen LogP) is 6.46. The summed E-state index contributed by atoms with van der Waals surface area (Å²) in [6, 6.07) is 25.0. The van der Waals surface area contributed by atoms with E-state index in [1.807, 2.05) is 37.3 Å². The minimum Gasteiger partial charge on any atom is -0.352 e. The van der Waals surface area contributed by atoms with Crippen LogP contribution in [0.3, 0.4) is 0 Å². The van der Waals surface area contributed by atoms with Crippen LogP contribution in [0.15, 0.2) is 102 Å². The molecule has 0 spiro atoms. The number of aryl methyl sites for hydroxylation is 1. The van der Waals surface area contributed by atoms with E-state index in [0.717, 1.165) is 15.4 Å². The molecule has 0 saturated heterocycles. The Hall–Kier alpha value is -4.21. The van der Waals surface area contributed by atoms with E-state index in [1.165, 1.54) is 35.2 Å². The number of carbonyl (C=O) groups excluding carboxylic acids is 2. The number of hydrogen-bond donors (Lipinski definition) is 1. The highest BCUT2D eigenvalue weighted by Gasteiger charge is 2.35. The van der Waals surface area contributed by atoms with E-state index in [-0.39, 0.29) is 35.2 Å². The van der Waals surface area contributed by atoms with Crippen LogP contribution in [0.2, 0.25) is 5.02 Å². The molecule has 7 nitrogen and oxygen atoms in total. The molecule has 0 aliphatic rings. The Morgan fingerprint density at radius 1 is 0.867 bits per heavy atom. The lowest BCUT2D eigenvalue weighted by Gasteiger charge is -2.34. The summed E-state index contributed by atoms with van der Waals surface area (Å²) in [6.45, 7) is 6.20. The number of sulfonamides is 1. The second-order valence-corrected chi connectivity index (χ2v) is 13.5. The van der Waals surface area contributed by atoms with Crippen molar-refractivity contribution in [1.82, 2.24) is 10.2 Å². The average Bonchev–Trinajstić information content (AvgIpc) is 3.00. The van der Waals surface area contributed by atoms with Gasteiger partial charge in [0.25, 0.3) is 10.0 Å². The molecule has 4 aromatic carbocycles. The normalized spacial score (nSPS) is 12.1. The number of anilines is 1. The van der Waals surface area contributed by atoms with Gasteiger partial charge in [-0.25, -0.2) is 12.8 Å². The summed E-state index contributed by atoms with van der Waals surface area (Å²) in [5.41, 5.74) is 2.51. The van der Waals surface area contributed by atoms with Crippen molar-refractivity contribution >= 4 is 39.1 Å². The molecule has 2 amide bonds. The van der Waals surface area contributed by atoms with Gasteiger partial charge < -0.3 is 10.2 Å². The molecule has 0 saturated carbocycles. The summed E-state index contributed by atoms with van der Waals surface area (Å²) in [4.78, 5) is 29.5. The Kier molecular flexibility index (Phi) is 11.0. The van der Waals surface area contributed by atoms with Crippen molar-refractivity contribution in [2.75, 3.05) is 10.8 Å². The number of nitrogens with zero attached hydrogens (tertiary/aromatic N) is 2. The van der Waals surface area contributed by atoms with Crippen LogP contribution in [0, 0.1) is 19.7 Å². The van der Waals surface area contributed by atoms with Gasteiger partial charge in [0.05, 0.1) is 10.6 Å². The maximum absolute atomic E-state index is 15.0. The van der Waals surface area contributed by atoms with Crippen LogP contribution in [0.25, 0.3) is 0 Å². The van der Waals surface area contributed by atoms with Gasteiger partial charge in [-0.3, -0.25) is 13.9 Å². The number of halogens is 2. The van der Waals surface area contributed by atoms with Crippen molar-refractivity contribution in [1.29, 1.82) is 0 Å². The molecule has 0 heterocycles. The molecule has 0 unspecified atom stereocenters. The van der Waals surface area contributed by atoms with Gasteiger partial charge in [-0.1, -0.05) is 83.9 Å². The molecule has 1 N–H and O–H groups in total. The molecule has 0 fully saturated rings. The van der Waals surface area contributed by atoms with Crippen LogP contribution in [0.4, 0.5) is 10.1 Å². The first-order valence-electron chi connectivity index (χ1n) is 14.6. The van der Waals surface area contributed by atoms with Gasteiger partial charge in [0.2, 0.25) is 11.8 Å². The smallest absolute Gasteiger partial charge is 0.264 e. The zero-order valence-corrected chi connectivity index (χ0v) is 27.3. The number of hydrogen-bond acceptors (Lipinski definition) is 4. The van der Waals surface area contributed by atoms with Gasteiger partial charge in [-0.2, -0.15) is 0 Å².